The Morgan fingerprint density at radius 2 is 1.74 bits per heavy atom. The Hall–Kier alpha value is -2.83. The Balaban J connectivity index is 1.22. The maximum absolute atomic E-state index is 13.1. The number of aliphatic hydroxyl groups excluding tert-OH is 1. The van der Waals surface area contributed by atoms with Gasteiger partial charge in [-0.3, -0.25) is 9.59 Å². The van der Waals surface area contributed by atoms with Gasteiger partial charge in [-0.15, -0.1) is 0 Å². The van der Waals surface area contributed by atoms with Crippen LogP contribution in [0, 0.1) is 5.41 Å². The molecule has 2 unspecified atom stereocenters. The minimum absolute atomic E-state index is 0.103. The average molecular weight is 603 g/mol. The Bertz CT molecular complexity index is 1310. The van der Waals surface area contributed by atoms with Crippen molar-refractivity contribution in [3.8, 4) is 5.75 Å². The molecule has 1 amide bonds. The zero-order chi connectivity index (χ0) is 30.3. The van der Waals surface area contributed by atoms with Crippen molar-refractivity contribution >= 4 is 21.7 Å². The van der Waals surface area contributed by atoms with Crippen molar-refractivity contribution in [2.75, 3.05) is 26.8 Å². The molecule has 2 aromatic rings. The first-order valence-corrected chi connectivity index (χ1v) is 15.9. The summed E-state index contributed by atoms with van der Waals surface area (Å²) in [7, 11) is -1.93. The van der Waals surface area contributed by atoms with Crippen LogP contribution in [0.25, 0.3) is 0 Å². The largest absolute Gasteiger partial charge is 0.497 e. The molecule has 2 fully saturated rings. The van der Waals surface area contributed by atoms with Crippen LogP contribution in [0.15, 0.2) is 53.4 Å². The van der Waals surface area contributed by atoms with E-state index in [1.807, 2.05) is 26.0 Å². The summed E-state index contributed by atoms with van der Waals surface area (Å²) < 4.78 is 44.3. The van der Waals surface area contributed by atoms with Crippen molar-refractivity contribution in [3.05, 3.63) is 59.7 Å². The van der Waals surface area contributed by atoms with Gasteiger partial charge in [0.2, 0.25) is 15.9 Å². The molecule has 3 atom stereocenters. The molecular formula is C31H42N2O8S. The molecule has 2 aliphatic heterocycles. The average Bonchev–Trinajstić information content (AvgIpc) is 3.00. The Labute approximate surface area is 248 Å². The number of nitrogens with zero attached hydrogens (tertiary/aromatic N) is 1. The van der Waals surface area contributed by atoms with E-state index in [4.69, 9.17) is 14.2 Å². The number of sulfonamides is 1. The van der Waals surface area contributed by atoms with Gasteiger partial charge < -0.3 is 24.6 Å². The molecule has 0 bridgehead atoms. The van der Waals surface area contributed by atoms with Crippen LogP contribution in [0.4, 0.5) is 0 Å². The van der Waals surface area contributed by atoms with Gasteiger partial charge in [0, 0.05) is 37.0 Å². The number of benzene rings is 2. The summed E-state index contributed by atoms with van der Waals surface area (Å²) in [6.07, 6.45) is 0.739. The highest BCUT2D eigenvalue weighted by Gasteiger charge is 2.42. The second-order valence-electron chi connectivity index (χ2n) is 11.6. The second-order valence-corrected chi connectivity index (χ2v) is 13.6. The number of carbonyl (C=O) groups excluding carboxylic acids is 2. The molecule has 4 rings (SSSR count). The maximum Gasteiger partial charge on any atom is 0.249 e. The third-order valence-corrected chi connectivity index (χ3v) is 9.72. The fourth-order valence-electron chi connectivity index (χ4n) is 5.23. The number of rotatable bonds is 12. The van der Waals surface area contributed by atoms with Crippen LogP contribution in [0.1, 0.15) is 69.8 Å². The number of hydrogen-bond donors (Lipinski definition) is 2. The quantitative estimate of drug-likeness (QED) is 0.376. The summed E-state index contributed by atoms with van der Waals surface area (Å²) >= 11 is 0. The molecular weight excluding hydrogens is 560 g/mol. The summed E-state index contributed by atoms with van der Waals surface area (Å²) in [6.45, 7) is 5.39. The molecule has 11 heteroatoms. The van der Waals surface area contributed by atoms with Crippen molar-refractivity contribution in [2.45, 2.75) is 82.3 Å². The van der Waals surface area contributed by atoms with Crippen LogP contribution in [-0.4, -0.2) is 68.5 Å². The van der Waals surface area contributed by atoms with Crippen molar-refractivity contribution < 1.29 is 37.3 Å². The van der Waals surface area contributed by atoms with E-state index in [-0.39, 0.29) is 30.1 Å². The summed E-state index contributed by atoms with van der Waals surface area (Å²) in [5, 5.41) is 13.1. The predicted molar refractivity (Wildman–Crippen MR) is 156 cm³/mol. The number of piperidine rings is 1. The molecule has 42 heavy (non-hydrogen) atoms. The summed E-state index contributed by atoms with van der Waals surface area (Å²) in [5.41, 5.74) is 0.974. The molecule has 2 aliphatic rings. The molecule has 10 nitrogen and oxygen atoms in total. The van der Waals surface area contributed by atoms with Gasteiger partial charge in [-0.25, -0.2) is 8.42 Å². The van der Waals surface area contributed by atoms with E-state index < -0.39 is 39.8 Å². The number of amides is 1. The zero-order valence-electron chi connectivity index (χ0n) is 24.6. The first kappa shape index (κ1) is 32.1. The molecule has 0 aliphatic carbocycles. The van der Waals surface area contributed by atoms with E-state index in [0.717, 1.165) is 24.8 Å². The molecule has 0 radical (unpaired) electrons. The lowest BCUT2D eigenvalue weighted by molar-refractivity contribution is -0.257. The van der Waals surface area contributed by atoms with Gasteiger partial charge in [-0.1, -0.05) is 44.5 Å². The van der Waals surface area contributed by atoms with Gasteiger partial charge in [-0.2, -0.15) is 4.31 Å². The fourth-order valence-corrected chi connectivity index (χ4v) is 6.75. The molecule has 0 aromatic heterocycles. The van der Waals surface area contributed by atoms with E-state index in [2.05, 4.69) is 5.32 Å². The predicted octanol–water partition coefficient (Wildman–Crippen LogP) is 3.73. The van der Waals surface area contributed by atoms with Crippen LogP contribution < -0.4 is 10.1 Å². The normalized spacial score (nSPS) is 21.8. The smallest absolute Gasteiger partial charge is 0.249 e. The number of ketones is 1. The van der Waals surface area contributed by atoms with Crippen LogP contribution in [0.2, 0.25) is 0 Å². The van der Waals surface area contributed by atoms with Crippen molar-refractivity contribution in [1.82, 2.24) is 9.62 Å². The van der Waals surface area contributed by atoms with Crippen LogP contribution in [0.3, 0.4) is 0 Å². The maximum atomic E-state index is 13.1. The molecule has 0 saturated carbocycles. The molecule has 2 heterocycles. The zero-order valence-corrected chi connectivity index (χ0v) is 25.4. The van der Waals surface area contributed by atoms with E-state index in [1.165, 1.54) is 4.31 Å². The van der Waals surface area contributed by atoms with Crippen LogP contribution in [0.5, 0.6) is 5.75 Å². The lowest BCUT2D eigenvalue weighted by Crippen LogP contribution is -2.47. The second kappa shape index (κ2) is 14.1. The highest BCUT2D eigenvalue weighted by molar-refractivity contribution is 7.89. The molecule has 0 spiro atoms. The molecule has 2 aromatic carbocycles. The Morgan fingerprint density at radius 3 is 2.38 bits per heavy atom. The summed E-state index contributed by atoms with van der Waals surface area (Å²) in [6, 6.07) is 13.7. The number of ether oxygens (including phenoxy) is 3. The van der Waals surface area contributed by atoms with E-state index in [0.29, 0.717) is 37.4 Å². The van der Waals surface area contributed by atoms with E-state index in [1.54, 1.807) is 43.5 Å². The van der Waals surface area contributed by atoms with Crippen molar-refractivity contribution in [2.24, 2.45) is 5.41 Å². The lowest BCUT2D eigenvalue weighted by Gasteiger charge is -2.41. The van der Waals surface area contributed by atoms with Crippen molar-refractivity contribution in [3.63, 3.8) is 0 Å². The third-order valence-electron chi connectivity index (χ3n) is 7.80. The van der Waals surface area contributed by atoms with Crippen LogP contribution in [-0.2, 0) is 35.6 Å². The van der Waals surface area contributed by atoms with Gasteiger partial charge in [0.05, 0.1) is 18.6 Å². The topological polar surface area (TPSA) is 131 Å². The minimum atomic E-state index is -3.52. The summed E-state index contributed by atoms with van der Waals surface area (Å²) in [4.78, 5) is 25.8. The fraction of sp³-hybridized carbons (Fsp3) is 0.548. The van der Waals surface area contributed by atoms with E-state index >= 15 is 0 Å². The van der Waals surface area contributed by atoms with E-state index in [9.17, 15) is 23.1 Å². The van der Waals surface area contributed by atoms with Gasteiger partial charge in [0.25, 0.3) is 0 Å². The molecule has 2 saturated heterocycles. The standard InChI is InChI=1S/C31H42N2O8S/c1-31(2)21-40-30(23-12-14-24(39-3)15-13-23)41-28(31)26(34)8-7-9-27(35)29(36)32-20-22-10-16-25(17-11-22)42(37,38)33-18-5-4-6-19-33/h10-17,27-28,30,35H,4-9,18-21H2,1-3H3,(H,32,36)/t27?,28-,30?/m0/s1. The molecule has 2 N–H and O–H groups in total. The van der Waals surface area contributed by atoms with Crippen LogP contribution >= 0.6 is 0 Å². The molecule has 230 valence electrons. The monoisotopic (exact) mass is 602 g/mol. The SMILES string of the molecule is COc1ccc(C2OCC(C)(C)[C@H](C(=O)CCCC(O)C(=O)NCc3ccc(S(=O)(=O)N4CCCCC4)cc3)O2)cc1. The highest BCUT2D eigenvalue weighted by atomic mass is 32.2. The van der Waals surface area contributed by atoms with Gasteiger partial charge in [-0.05, 0) is 55.5 Å². The number of nitrogens with one attached hydrogen (secondary N) is 1. The minimum Gasteiger partial charge on any atom is -0.497 e. The number of hydrogen-bond acceptors (Lipinski definition) is 8. The first-order chi connectivity index (χ1) is 20.0. The third kappa shape index (κ3) is 7.96. The van der Waals surface area contributed by atoms with Crippen molar-refractivity contribution in [1.29, 1.82) is 0 Å². The lowest BCUT2D eigenvalue weighted by atomic mass is 9.82. The highest BCUT2D eigenvalue weighted by Crippen LogP contribution is 2.38. The van der Waals surface area contributed by atoms with Gasteiger partial charge in [0.1, 0.15) is 18.0 Å². The number of aliphatic hydroxyl groups is 1. The summed E-state index contributed by atoms with van der Waals surface area (Å²) in [5.74, 6) is 0.0605. The van der Waals surface area contributed by atoms with Gasteiger partial charge in [0.15, 0.2) is 12.1 Å². The number of methoxy groups -OCH3 is 1. The Kier molecular flexibility index (Phi) is 10.8. The first-order valence-electron chi connectivity index (χ1n) is 14.5. The van der Waals surface area contributed by atoms with Gasteiger partial charge >= 0.3 is 0 Å². The Morgan fingerprint density at radius 1 is 1.07 bits per heavy atom. The number of carbonyl (C=O) groups is 2. The number of Topliss-reactive ketones (excluding diaryl/α,β-unsaturated/α-hetero) is 1.